The summed E-state index contributed by atoms with van der Waals surface area (Å²) in [6.07, 6.45) is 0. The standard InChI is InChI=1S/C18H15NO8/c1-7(19)18(25)27-12-4-8(2-3-10(12)21)17-16(24)15(23)14-11(22)5-9(20)6-13(14)26-17/h2-7,20-22,24H,19H2,1H3/t7-/m1/s1. The highest BCUT2D eigenvalue weighted by molar-refractivity contribution is 5.88. The van der Waals surface area contributed by atoms with E-state index in [0.717, 1.165) is 12.1 Å². The summed E-state index contributed by atoms with van der Waals surface area (Å²) in [6, 6.07) is 4.74. The van der Waals surface area contributed by atoms with Crippen LogP contribution in [0.2, 0.25) is 0 Å². The topological polar surface area (TPSA) is 163 Å². The van der Waals surface area contributed by atoms with E-state index in [1.54, 1.807) is 0 Å². The first-order valence-electron chi connectivity index (χ1n) is 7.71. The first kappa shape index (κ1) is 18.1. The average molecular weight is 373 g/mol. The monoisotopic (exact) mass is 373 g/mol. The number of ether oxygens (including phenoxy) is 1. The van der Waals surface area contributed by atoms with Gasteiger partial charge in [0.05, 0.1) is 0 Å². The normalized spacial score (nSPS) is 12.1. The van der Waals surface area contributed by atoms with Crippen LogP contribution in [0.25, 0.3) is 22.3 Å². The Hall–Kier alpha value is -3.72. The van der Waals surface area contributed by atoms with Gasteiger partial charge >= 0.3 is 5.97 Å². The van der Waals surface area contributed by atoms with Gasteiger partial charge in [0.25, 0.3) is 0 Å². The van der Waals surface area contributed by atoms with Crippen molar-refractivity contribution in [2.24, 2.45) is 5.73 Å². The molecule has 0 spiro atoms. The third-order valence-corrected chi connectivity index (χ3v) is 3.74. The van der Waals surface area contributed by atoms with Crippen molar-refractivity contribution in [3.05, 3.63) is 40.6 Å². The highest BCUT2D eigenvalue weighted by Gasteiger charge is 2.21. The SMILES string of the molecule is C[C@@H](N)C(=O)Oc1cc(-c2oc3cc(O)cc(O)c3c(=O)c2O)ccc1O. The van der Waals surface area contributed by atoms with Crippen LogP contribution in [-0.2, 0) is 4.79 Å². The van der Waals surface area contributed by atoms with E-state index in [9.17, 15) is 30.0 Å². The van der Waals surface area contributed by atoms with Gasteiger partial charge in [0.1, 0.15) is 28.5 Å². The fraction of sp³-hybridized carbons (Fsp3) is 0.111. The zero-order chi connectivity index (χ0) is 19.9. The number of hydrogen-bond donors (Lipinski definition) is 5. The molecule has 0 radical (unpaired) electrons. The van der Waals surface area contributed by atoms with Crippen LogP contribution in [0.5, 0.6) is 28.7 Å². The maximum Gasteiger partial charge on any atom is 0.328 e. The number of rotatable bonds is 3. The molecule has 0 aliphatic rings. The minimum Gasteiger partial charge on any atom is -0.508 e. The zero-order valence-corrected chi connectivity index (χ0v) is 14.0. The van der Waals surface area contributed by atoms with E-state index in [1.807, 2.05) is 0 Å². The second-order valence-electron chi connectivity index (χ2n) is 5.84. The lowest BCUT2D eigenvalue weighted by molar-refractivity contribution is -0.135. The van der Waals surface area contributed by atoms with Gasteiger partial charge in [0.2, 0.25) is 11.2 Å². The number of carbonyl (C=O) groups is 1. The van der Waals surface area contributed by atoms with Gasteiger partial charge in [-0.2, -0.15) is 0 Å². The first-order valence-corrected chi connectivity index (χ1v) is 7.71. The molecule has 2 aromatic carbocycles. The summed E-state index contributed by atoms with van der Waals surface area (Å²) in [5.74, 6) is -3.45. The minimum absolute atomic E-state index is 0.0969. The van der Waals surface area contributed by atoms with Gasteiger partial charge in [0.15, 0.2) is 17.3 Å². The molecule has 9 heteroatoms. The fourth-order valence-electron chi connectivity index (χ4n) is 2.41. The molecule has 3 aromatic rings. The van der Waals surface area contributed by atoms with Crippen LogP contribution in [-0.4, -0.2) is 32.4 Å². The van der Waals surface area contributed by atoms with E-state index in [4.69, 9.17) is 14.9 Å². The minimum atomic E-state index is -0.939. The molecule has 0 saturated heterocycles. The van der Waals surface area contributed by atoms with Crippen molar-refractivity contribution in [2.45, 2.75) is 13.0 Å². The van der Waals surface area contributed by atoms with Crippen molar-refractivity contribution >= 4 is 16.9 Å². The van der Waals surface area contributed by atoms with E-state index in [-0.39, 0.29) is 39.5 Å². The van der Waals surface area contributed by atoms with Crippen LogP contribution in [0.4, 0.5) is 0 Å². The quantitative estimate of drug-likeness (QED) is 0.338. The van der Waals surface area contributed by atoms with E-state index < -0.39 is 28.9 Å². The lowest BCUT2D eigenvalue weighted by atomic mass is 10.1. The summed E-state index contributed by atoms with van der Waals surface area (Å²) < 4.78 is 10.4. The van der Waals surface area contributed by atoms with E-state index in [1.165, 1.54) is 25.1 Å². The van der Waals surface area contributed by atoms with Crippen LogP contribution >= 0.6 is 0 Å². The molecule has 1 aromatic heterocycles. The zero-order valence-electron chi connectivity index (χ0n) is 14.0. The van der Waals surface area contributed by atoms with Crippen LogP contribution in [0, 0.1) is 0 Å². The number of benzene rings is 2. The van der Waals surface area contributed by atoms with Crippen LogP contribution in [0.3, 0.4) is 0 Å². The molecule has 9 nitrogen and oxygen atoms in total. The van der Waals surface area contributed by atoms with Gasteiger partial charge in [-0.1, -0.05) is 0 Å². The summed E-state index contributed by atoms with van der Waals surface area (Å²) >= 11 is 0. The Kier molecular flexibility index (Phi) is 4.38. The average Bonchev–Trinajstić information content (AvgIpc) is 2.59. The lowest BCUT2D eigenvalue weighted by Crippen LogP contribution is -2.30. The van der Waals surface area contributed by atoms with E-state index in [0.29, 0.717) is 0 Å². The van der Waals surface area contributed by atoms with Gasteiger partial charge in [0, 0.05) is 17.7 Å². The molecular weight excluding hydrogens is 358 g/mol. The van der Waals surface area contributed by atoms with E-state index in [2.05, 4.69) is 0 Å². The van der Waals surface area contributed by atoms with Gasteiger partial charge < -0.3 is 35.3 Å². The summed E-state index contributed by atoms with van der Waals surface area (Å²) in [6.45, 7) is 1.40. The number of fused-ring (bicyclic) bond motifs is 1. The molecule has 0 bridgehead atoms. The Balaban J connectivity index is 2.19. The highest BCUT2D eigenvalue weighted by atomic mass is 16.5. The van der Waals surface area contributed by atoms with Crippen molar-refractivity contribution in [1.82, 2.24) is 0 Å². The maximum atomic E-state index is 12.4. The summed E-state index contributed by atoms with van der Waals surface area (Å²) in [5, 5.41) is 39.1. The largest absolute Gasteiger partial charge is 0.508 e. The molecule has 3 rings (SSSR count). The molecule has 27 heavy (non-hydrogen) atoms. The molecule has 140 valence electrons. The first-order chi connectivity index (χ1) is 12.7. The molecule has 0 fully saturated rings. The third-order valence-electron chi connectivity index (χ3n) is 3.74. The van der Waals surface area contributed by atoms with Gasteiger partial charge in [-0.25, -0.2) is 4.79 Å². The van der Waals surface area contributed by atoms with Crippen LogP contribution in [0.15, 0.2) is 39.5 Å². The predicted molar refractivity (Wildman–Crippen MR) is 93.9 cm³/mol. The fourth-order valence-corrected chi connectivity index (χ4v) is 2.41. The van der Waals surface area contributed by atoms with Gasteiger partial charge in [-0.05, 0) is 25.1 Å². The molecule has 0 amide bonds. The van der Waals surface area contributed by atoms with Crippen LogP contribution < -0.4 is 15.9 Å². The summed E-state index contributed by atoms with van der Waals surface area (Å²) in [5.41, 5.74) is 4.41. The molecule has 0 unspecified atom stereocenters. The maximum absolute atomic E-state index is 12.4. The molecule has 1 atom stereocenters. The third kappa shape index (κ3) is 3.23. The lowest BCUT2D eigenvalue weighted by Gasteiger charge is -2.11. The number of phenolic OH excluding ortho intramolecular Hbond substituents is 3. The second kappa shape index (κ2) is 6.54. The molecule has 0 saturated carbocycles. The predicted octanol–water partition coefficient (Wildman–Crippen LogP) is 1.53. The molecule has 0 aliphatic carbocycles. The number of carbonyl (C=O) groups excluding carboxylic acids is 1. The number of esters is 1. The Morgan fingerprint density at radius 1 is 1.11 bits per heavy atom. The van der Waals surface area contributed by atoms with Gasteiger partial charge in [-0.3, -0.25) is 4.79 Å². The van der Waals surface area contributed by atoms with Crippen molar-refractivity contribution in [3.63, 3.8) is 0 Å². The van der Waals surface area contributed by atoms with Crippen molar-refractivity contribution in [2.75, 3.05) is 0 Å². The second-order valence-corrected chi connectivity index (χ2v) is 5.84. The Morgan fingerprint density at radius 2 is 1.81 bits per heavy atom. The van der Waals surface area contributed by atoms with Crippen molar-refractivity contribution < 1.29 is 34.4 Å². The smallest absolute Gasteiger partial charge is 0.328 e. The summed E-state index contributed by atoms with van der Waals surface area (Å²) in [4.78, 5) is 24.0. The number of hydrogen-bond acceptors (Lipinski definition) is 9. The van der Waals surface area contributed by atoms with Crippen molar-refractivity contribution in [1.29, 1.82) is 0 Å². The molecule has 0 aliphatic heterocycles. The molecule has 6 N–H and O–H groups in total. The Morgan fingerprint density at radius 3 is 2.48 bits per heavy atom. The number of aromatic hydroxyl groups is 4. The van der Waals surface area contributed by atoms with Crippen molar-refractivity contribution in [3.8, 4) is 40.1 Å². The number of phenols is 3. The Bertz CT molecular complexity index is 1120. The van der Waals surface area contributed by atoms with Crippen LogP contribution in [0.1, 0.15) is 6.92 Å². The Labute approximate surface area is 151 Å². The summed E-state index contributed by atoms with van der Waals surface area (Å²) in [7, 11) is 0. The molecular formula is C18H15NO8. The molecule has 1 heterocycles. The van der Waals surface area contributed by atoms with Gasteiger partial charge in [-0.15, -0.1) is 0 Å². The number of nitrogens with two attached hydrogens (primary N) is 1. The van der Waals surface area contributed by atoms with E-state index >= 15 is 0 Å². The highest BCUT2D eigenvalue weighted by Crippen LogP contribution is 2.38.